The fraction of sp³-hybridized carbons (Fsp3) is 0.769. The van der Waals surface area contributed by atoms with Crippen molar-refractivity contribution in [3.05, 3.63) is 18.0 Å². The Morgan fingerprint density at radius 2 is 2.12 bits per heavy atom. The normalized spacial score (nSPS) is 13.2. The van der Waals surface area contributed by atoms with Crippen LogP contribution in [-0.2, 0) is 6.54 Å². The molecule has 1 unspecified atom stereocenters. The highest BCUT2D eigenvalue weighted by Gasteiger charge is 2.07. The number of aliphatic hydroxyl groups is 1. The monoisotopic (exact) mass is 239 g/mol. The quantitative estimate of drug-likeness (QED) is 0.729. The van der Waals surface area contributed by atoms with E-state index in [0.29, 0.717) is 12.0 Å². The third kappa shape index (κ3) is 4.48. The van der Waals surface area contributed by atoms with Gasteiger partial charge in [0.05, 0.1) is 11.7 Å². The summed E-state index contributed by atoms with van der Waals surface area (Å²) in [6.45, 7) is 8.24. The van der Waals surface area contributed by atoms with Crippen LogP contribution in [0.3, 0.4) is 0 Å². The van der Waals surface area contributed by atoms with Crippen LogP contribution in [0.5, 0.6) is 0 Å². The predicted molar refractivity (Wildman–Crippen MR) is 69.8 cm³/mol. The van der Waals surface area contributed by atoms with E-state index in [1.54, 1.807) is 0 Å². The number of hydrogen-bond donors (Lipinski definition) is 2. The van der Waals surface area contributed by atoms with Gasteiger partial charge in [-0.2, -0.15) is 5.10 Å². The van der Waals surface area contributed by atoms with Crippen molar-refractivity contribution in [3.8, 4) is 0 Å². The van der Waals surface area contributed by atoms with Gasteiger partial charge in [-0.05, 0) is 24.8 Å². The van der Waals surface area contributed by atoms with Crippen LogP contribution in [0.15, 0.2) is 12.3 Å². The molecule has 0 saturated carbocycles. The van der Waals surface area contributed by atoms with Crippen LogP contribution in [-0.4, -0.2) is 28.0 Å². The van der Waals surface area contributed by atoms with E-state index in [9.17, 15) is 0 Å². The molecular weight excluding hydrogens is 214 g/mol. The van der Waals surface area contributed by atoms with Gasteiger partial charge in [-0.1, -0.05) is 20.8 Å². The molecule has 17 heavy (non-hydrogen) atoms. The van der Waals surface area contributed by atoms with Crippen LogP contribution in [0.4, 0.5) is 0 Å². The maximum Gasteiger partial charge on any atom is 0.0762 e. The molecule has 0 aliphatic carbocycles. The Hall–Kier alpha value is -0.870. The lowest BCUT2D eigenvalue weighted by molar-refractivity contribution is 0.233. The molecule has 0 aromatic carbocycles. The number of aliphatic hydroxyl groups excluding tert-OH is 1. The molecule has 0 radical (unpaired) electrons. The van der Waals surface area contributed by atoms with Crippen molar-refractivity contribution in [2.75, 3.05) is 13.2 Å². The first-order valence-electron chi connectivity index (χ1n) is 6.56. The van der Waals surface area contributed by atoms with Crippen LogP contribution in [0.25, 0.3) is 0 Å². The third-order valence-corrected chi connectivity index (χ3v) is 3.09. The zero-order valence-corrected chi connectivity index (χ0v) is 11.2. The summed E-state index contributed by atoms with van der Waals surface area (Å²) in [4.78, 5) is 0. The third-order valence-electron chi connectivity index (χ3n) is 3.09. The van der Waals surface area contributed by atoms with Crippen LogP contribution < -0.4 is 5.32 Å². The van der Waals surface area contributed by atoms with Gasteiger partial charge >= 0.3 is 0 Å². The summed E-state index contributed by atoms with van der Waals surface area (Å²) in [5.41, 5.74) is 1.07. The molecule has 1 rings (SSSR count). The van der Waals surface area contributed by atoms with Crippen LogP contribution in [0.1, 0.15) is 45.3 Å². The summed E-state index contributed by atoms with van der Waals surface area (Å²) in [6, 6.07) is 2.58. The summed E-state index contributed by atoms with van der Waals surface area (Å²) in [6.07, 6.45) is 4.29. The van der Waals surface area contributed by atoms with Crippen molar-refractivity contribution in [2.45, 2.75) is 46.2 Å². The van der Waals surface area contributed by atoms with Crippen molar-refractivity contribution in [3.63, 3.8) is 0 Å². The average molecular weight is 239 g/mol. The molecule has 1 aromatic heterocycles. The van der Waals surface area contributed by atoms with Crippen molar-refractivity contribution in [1.29, 1.82) is 0 Å². The first kappa shape index (κ1) is 14.2. The number of hydrogen-bond acceptors (Lipinski definition) is 3. The van der Waals surface area contributed by atoms with E-state index in [4.69, 9.17) is 5.11 Å². The second kappa shape index (κ2) is 7.45. The number of rotatable bonds is 8. The molecule has 98 valence electrons. The highest BCUT2D eigenvalue weighted by atomic mass is 16.3. The fourth-order valence-electron chi connectivity index (χ4n) is 1.85. The topological polar surface area (TPSA) is 50.1 Å². The highest BCUT2D eigenvalue weighted by molar-refractivity contribution is 4.99. The largest absolute Gasteiger partial charge is 0.396 e. The molecule has 0 spiro atoms. The standard InChI is InChI=1S/C13H25N3O/c1-4-13(5-2)16-7-6-12(15-16)9-14-8-11(3)10-17/h6-7,11,13-14,17H,4-5,8-10H2,1-3H3. The summed E-state index contributed by atoms with van der Waals surface area (Å²) in [7, 11) is 0. The second-order valence-corrected chi connectivity index (χ2v) is 4.68. The Labute approximate surface area is 104 Å². The summed E-state index contributed by atoms with van der Waals surface area (Å²) < 4.78 is 2.06. The summed E-state index contributed by atoms with van der Waals surface area (Å²) in [5.74, 6) is 0.302. The SMILES string of the molecule is CCC(CC)n1ccc(CNCC(C)CO)n1. The van der Waals surface area contributed by atoms with Gasteiger partial charge in [-0.15, -0.1) is 0 Å². The molecule has 4 heteroatoms. The van der Waals surface area contributed by atoms with Crippen LogP contribution in [0, 0.1) is 5.92 Å². The summed E-state index contributed by atoms with van der Waals surface area (Å²) in [5, 5.41) is 16.8. The number of aromatic nitrogens is 2. The van der Waals surface area contributed by atoms with Gasteiger partial charge in [0.15, 0.2) is 0 Å². The fourth-order valence-corrected chi connectivity index (χ4v) is 1.85. The molecule has 0 fully saturated rings. The van der Waals surface area contributed by atoms with Crippen LogP contribution in [0.2, 0.25) is 0 Å². The van der Waals surface area contributed by atoms with Crippen molar-refractivity contribution < 1.29 is 5.11 Å². The van der Waals surface area contributed by atoms with Crippen LogP contribution >= 0.6 is 0 Å². The number of nitrogens with zero attached hydrogens (tertiary/aromatic N) is 2. The molecule has 1 heterocycles. The van der Waals surface area contributed by atoms with E-state index in [1.165, 1.54) is 0 Å². The van der Waals surface area contributed by atoms with Gasteiger partial charge in [0, 0.05) is 25.9 Å². The van der Waals surface area contributed by atoms with Gasteiger partial charge in [-0.25, -0.2) is 0 Å². The van der Waals surface area contributed by atoms with E-state index in [-0.39, 0.29) is 6.61 Å². The minimum atomic E-state index is 0.231. The molecule has 2 N–H and O–H groups in total. The lowest BCUT2D eigenvalue weighted by atomic mass is 10.2. The zero-order chi connectivity index (χ0) is 12.7. The first-order valence-corrected chi connectivity index (χ1v) is 6.56. The molecule has 0 aliphatic heterocycles. The van der Waals surface area contributed by atoms with Gasteiger partial charge in [0.25, 0.3) is 0 Å². The van der Waals surface area contributed by atoms with Gasteiger partial charge in [0.2, 0.25) is 0 Å². The minimum Gasteiger partial charge on any atom is -0.396 e. The molecule has 0 aliphatic rings. The van der Waals surface area contributed by atoms with Crippen molar-refractivity contribution in [1.82, 2.24) is 15.1 Å². The molecular formula is C13H25N3O. The van der Waals surface area contributed by atoms with E-state index < -0.39 is 0 Å². The van der Waals surface area contributed by atoms with Crippen molar-refractivity contribution >= 4 is 0 Å². The molecule has 1 atom stereocenters. The Bertz CT molecular complexity index is 307. The second-order valence-electron chi connectivity index (χ2n) is 4.68. The number of nitrogens with one attached hydrogen (secondary N) is 1. The van der Waals surface area contributed by atoms with E-state index >= 15 is 0 Å². The smallest absolute Gasteiger partial charge is 0.0762 e. The molecule has 4 nitrogen and oxygen atoms in total. The molecule has 0 saturated heterocycles. The Balaban J connectivity index is 2.40. The maximum atomic E-state index is 8.91. The Kier molecular flexibility index (Phi) is 6.22. The van der Waals surface area contributed by atoms with Gasteiger partial charge in [0.1, 0.15) is 0 Å². The van der Waals surface area contributed by atoms with E-state index in [2.05, 4.69) is 41.2 Å². The average Bonchev–Trinajstić information content (AvgIpc) is 2.79. The Morgan fingerprint density at radius 1 is 1.41 bits per heavy atom. The van der Waals surface area contributed by atoms with E-state index in [0.717, 1.165) is 31.6 Å². The van der Waals surface area contributed by atoms with E-state index in [1.807, 2.05) is 6.92 Å². The minimum absolute atomic E-state index is 0.231. The lowest BCUT2D eigenvalue weighted by Gasteiger charge is -2.12. The summed E-state index contributed by atoms with van der Waals surface area (Å²) >= 11 is 0. The molecule has 0 amide bonds. The molecule has 0 bridgehead atoms. The van der Waals surface area contributed by atoms with Gasteiger partial charge < -0.3 is 10.4 Å². The lowest BCUT2D eigenvalue weighted by Crippen LogP contribution is -2.23. The van der Waals surface area contributed by atoms with Gasteiger partial charge in [-0.3, -0.25) is 4.68 Å². The predicted octanol–water partition coefficient (Wildman–Crippen LogP) is 1.96. The molecule has 1 aromatic rings. The zero-order valence-electron chi connectivity index (χ0n) is 11.2. The highest BCUT2D eigenvalue weighted by Crippen LogP contribution is 2.14. The first-order chi connectivity index (χ1) is 8.21. The Morgan fingerprint density at radius 3 is 2.71 bits per heavy atom. The van der Waals surface area contributed by atoms with Crippen molar-refractivity contribution in [2.24, 2.45) is 5.92 Å². The maximum absolute atomic E-state index is 8.91.